The van der Waals surface area contributed by atoms with Crippen LogP contribution < -0.4 is 5.73 Å². The number of hydrogen-bond donors (Lipinski definition) is 2. The Balaban J connectivity index is 2.38. The molecule has 0 heterocycles. The van der Waals surface area contributed by atoms with Crippen LogP contribution in [0.2, 0.25) is 0 Å². The van der Waals surface area contributed by atoms with Gasteiger partial charge in [0.25, 0.3) is 0 Å². The van der Waals surface area contributed by atoms with E-state index in [1.165, 1.54) is 23.1 Å². The van der Waals surface area contributed by atoms with E-state index in [1.807, 2.05) is 0 Å². The Morgan fingerprint density at radius 2 is 1.89 bits per heavy atom. The smallest absolute Gasteiger partial charge is 0.0861 e. The molecule has 1 aromatic rings. The minimum absolute atomic E-state index is 0.119. The highest BCUT2D eigenvalue weighted by atomic mass is 16.3. The van der Waals surface area contributed by atoms with Gasteiger partial charge in [0.1, 0.15) is 0 Å². The summed E-state index contributed by atoms with van der Waals surface area (Å²) < 4.78 is 0. The number of rotatable bonds is 3. The molecule has 3 unspecified atom stereocenters. The molecule has 2 nitrogen and oxygen atoms in total. The van der Waals surface area contributed by atoms with Crippen molar-refractivity contribution in [3.8, 4) is 0 Å². The van der Waals surface area contributed by atoms with Crippen LogP contribution >= 0.6 is 0 Å². The first-order valence-electron chi connectivity index (χ1n) is 7.35. The summed E-state index contributed by atoms with van der Waals surface area (Å²) in [7, 11) is 0. The maximum Gasteiger partial charge on any atom is 0.0861 e. The van der Waals surface area contributed by atoms with Gasteiger partial charge in [0, 0.05) is 12.0 Å². The van der Waals surface area contributed by atoms with E-state index >= 15 is 0 Å². The Morgan fingerprint density at radius 3 is 2.42 bits per heavy atom. The maximum atomic E-state index is 10.9. The van der Waals surface area contributed by atoms with Gasteiger partial charge in [-0.25, -0.2) is 0 Å². The molecule has 0 aromatic heterocycles. The molecule has 3 atom stereocenters. The molecule has 2 heteroatoms. The van der Waals surface area contributed by atoms with Gasteiger partial charge in [0.05, 0.1) is 6.10 Å². The van der Waals surface area contributed by atoms with Crippen LogP contribution in [0.4, 0.5) is 0 Å². The van der Waals surface area contributed by atoms with Crippen molar-refractivity contribution >= 4 is 0 Å². The van der Waals surface area contributed by atoms with Crippen LogP contribution in [-0.2, 0) is 0 Å². The van der Waals surface area contributed by atoms with Crippen molar-refractivity contribution in [3.05, 3.63) is 34.4 Å². The molecule has 19 heavy (non-hydrogen) atoms. The predicted molar refractivity (Wildman–Crippen MR) is 80.1 cm³/mol. The van der Waals surface area contributed by atoms with Crippen LogP contribution in [0.25, 0.3) is 0 Å². The van der Waals surface area contributed by atoms with Crippen molar-refractivity contribution in [1.29, 1.82) is 0 Å². The fraction of sp³-hybridized carbons (Fsp3) is 0.647. The molecule has 1 fully saturated rings. The molecule has 0 radical (unpaired) electrons. The van der Waals surface area contributed by atoms with E-state index in [2.05, 4.69) is 39.8 Å². The standard InChI is InChI=1S/C17H27NO/c1-11-5-6-17(9-11,10-18)16(19)15-8-13(3)12(2)7-14(15)4/h7-8,11,16,19H,5-6,9-10,18H2,1-4H3. The highest BCUT2D eigenvalue weighted by Crippen LogP contribution is 2.49. The van der Waals surface area contributed by atoms with E-state index in [-0.39, 0.29) is 5.41 Å². The Labute approximate surface area is 117 Å². The van der Waals surface area contributed by atoms with Crippen LogP contribution in [0.1, 0.15) is 54.5 Å². The molecule has 3 N–H and O–H groups in total. The molecule has 0 bridgehead atoms. The average Bonchev–Trinajstić information content (AvgIpc) is 2.76. The number of aryl methyl sites for hydroxylation is 3. The molecule has 0 aliphatic heterocycles. The van der Waals surface area contributed by atoms with Gasteiger partial charge in [-0.2, -0.15) is 0 Å². The molecule has 1 aliphatic carbocycles. The van der Waals surface area contributed by atoms with Crippen molar-refractivity contribution in [2.75, 3.05) is 6.54 Å². The second-order valence-electron chi connectivity index (χ2n) is 6.61. The molecular formula is C17H27NO. The zero-order valence-electron chi connectivity index (χ0n) is 12.7. The third-order valence-electron chi connectivity index (χ3n) is 5.05. The first kappa shape index (κ1) is 14.5. The largest absolute Gasteiger partial charge is 0.388 e. The van der Waals surface area contributed by atoms with E-state index in [0.29, 0.717) is 12.5 Å². The summed E-state index contributed by atoms with van der Waals surface area (Å²) in [6, 6.07) is 4.33. The van der Waals surface area contributed by atoms with Crippen LogP contribution in [-0.4, -0.2) is 11.7 Å². The number of aliphatic hydroxyl groups is 1. The van der Waals surface area contributed by atoms with Crippen LogP contribution in [0, 0.1) is 32.1 Å². The summed E-state index contributed by atoms with van der Waals surface area (Å²) >= 11 is 0. The Kier molecular flexibility index (Phi) is 4.03. The van der Waals surface area contributed by atoms with Gasteiger partial charge in [0.15, 0.2) is 0 Å². The maximum absolute atomic E-state index is 10.9. The van der Waals surface area contributed by atoms with Crippen LogP contribution in [0.15, 0.2) is 12.1 Å². The molecule has 0 saturated heterocycles. The van der Waals surface area contributed by atoms with Gasteiger partial charge in [-0.1, -0.05) is 25.5 Å². The molecule has 0 spiro atoms. The topological polar surface area (TPSA) is 46.2 Å². The van der Waals surface area contributed by atoms with Crippen molar-refractivity contribution in [3.63, 3.8) is 0 Å². The predicted octanol–water partition coefficient (Wildman–Crippen LogP) is 3.41. The third-order valence-corrected chi connectivity index (χ3v) is 5.05. The summed E-state index contributed by atoms with van der Waals surface area (Å²) in [5, 5.41) is 10.9. The van der Waals surface area contributed by atoms with Gasteiger partial charge in [-0.3, -0.25) is 0 Å². The minimum Gasteiger partial charge on any atom is -0.388 e. The Bertz CT molecular complexity index is 469. The summed E-state index contributed by atoms with van der Waals surface area (Å²) in [5.74, 6) is 0.671. The normalized spacial score (nSPS) is 28.6. The average molecular weight is 261 g/mol. The molecule has 1 aromatic carbocycles. The number of benzene rings is 1. The first-order valence-corrected chi connectivity index (χ1v) is 7.35. The van der Waals surface area contributed by atoms with E-state index in [0.717, 1.165) is 18.4 Å². The molecule has 1 saturated carbocycles. The van der Waals surface area contributed by atoms with Crippen LogP contribution in [0.5, 0.6) is 0 Å². The third kappa shape index (κ3) is 2.56. The van der Waals surface area contributed by atoms with Crippen LogP contribution in [0.3, 0.4) is 0 Å². The Hall–Kier alpha value is -0.860. The zero-order chi connectivity index (χ0) is 14.2. The second kappa shape index (κ2) is 5.26. The van der Waals surface area contributed by atoms with Gasteiger partial charge in [0.2, 0.25) is 0 Å². The lowest BCUT2D eigenvalue weighted by Gasteiger charge is -2.34. The first-order chi connectivity index (χ1) is 8.89. The van der Waals surface area contributed by atoms with Gasteiger partial charge in [-0.15, -0.1) is 0 Å². The Morgan fingerprint density at radius 1 is 1.26 bits per heavy atom. The fourth-order valence-corrected chi connectivity index (χ4v) is 3.58. The van der Waals surface area contributed by atoms with E-state index < -0.39 is 6.10 Å². The van der Waals surface area contributed by atoms with Gasteiger partial charge in [-0.05, 0) is 61.8 Å². The number of aliphatic hydroxyl groups excluding tert-OH is 1. The highest BCUT2D eigenvalue weighted by molar-refractivity contribution is 5.38. The number of nitrogens with two attached hydrogens (primary N) is 1. The summed E-state index contributed by atoms with van der Waals surface area (Å²) in [4.78, 5) is 0. The lowest BCUT2D eigenvalue weighted by atomic mass is 9.75. The van der Waals surface area contributed by atoms with Crippen molar-refractivity contribution in [2.45, 2.75) is 53.1 Å². The number of hydrogen-bond acceptors (Lipinski definition) is 2. The van der Waals surface area contributed by atoms with Gasteiger partial charge < -0.3 is 10.8 Å². The summed E-state index contributed by atoms with van der Waals surface area (Å²) in [6.45, 7) is 9.15. The quantitative estimate of drug-likeness (QED) is 0.876. The minimum atomic E-state index is -0.429. The van der Waals surface area contributed by atoms with E-state index in [4.69, 9.17) is 5.73 Å². The van der Waals surface area contributed by atoms with Crippen molar-refractivity contribution in [1.82, 2.24) is 0 Å². The summed E-state index contributed by atoms with van der Waals surface area (Å²) in [5.41, 5.74) is 10.7. The summed E-state index contributed by atoms with van der Waals surface area (Å²) in [6.07, 6.45) is 2.83. The van der Waals surface area contributed by atoms with E-state index in [9.17, 15) is 5.11 Å². The molecule has 2 rings (SSSR count). The van der Waals surface area contributed by atoms with Crippen molar-refractivity contribution < 1.29 is 5.11 Å². The van der Waals surface area contributed by atoms with Crippen molar-refractivity contribution in [2.24, 2.45) is 17.1 Å². The fourth-order valence-electron chi connectivity index (χ4n) is 3.58. The molecular weight excluding hydrogens is 234 g/mol. The zero-order valence-corrected chi connectivity index (χ0v) is 12.7. The molecule has 1 aliphatic rings. The van der Waals surface area contributed by atoms with Gasteiger partial charge >= 0.3 is 0 Å². The molecule has 106 valence electrons. The lowest BCUT2D eigenvalue weighted by molar-refractivity contribution is 0.0303. The lowest BCUT2D eigenvalue weighted by Crippen LogP contribution is -2.35. The SMILES string of the molecule is Cc1cc(C)c(C(O)C2(CN)CCC(C)C2)cc1C. The highest BCUT2D eigenvalue weighted by Gasteiger charge is 2.43. The second-order valence-corrected chi connectivity index (χ2v) is 6.61. The monoisotopic (exact) mass is 261 g/mol. The molecule has 0 amide bonds. The van der Waals surface area contributed by atoms with E-state index in [1.54, 1.807) is 0 Å².